The van der Waals surface area contributed by atoms with Crippen molar-refractivity contribution in [2.24, 2.45) is 12.0 Å². The van der Waals surface area contributed by atoms with Gasteiger partial charge in [-0.1, -0.05) is 29.8 Å². The third-order valence-electron chi connectivity index (χ3n) is 4.54. The first kappa shape index (κ1) is 14.1. The van der Waals surface area contributed by atoms with E-state index in [4.69, 9.17) is 4.99 Å². The fraction of sp³-hybridized carbons (Fsp3) is 0.333. The van der Waals surface area contributed by atoms with E-state index in [0.29, 0.717) is 6.54 Å². The normalized spacial score (nSPS) is 18.6. The van der Waals surface area contributed by atoms with Crippen LogP contribution in [0.3, 0.4) is 0 Å². The van der Waals surface area contributed by atoms with E-state index in [1.54, 1.807) is 4.68 Å². The van der Waals surface area contributed by atoms with E-state index in [-0.39, 0.29) is 5.56 Å². The maximum atomic E-state index is 12.0. The van der Waals surface area contributed by atoms with Gasteiger partial charge in [0.15, 0.2) is 5.82 Å². The molecule has 2 aliphatic rings. The number of aliphatic imine (C=N–C) groups is 1. The third-order valence-corrected chi connectivity index (χ3v) is 4.54. The van der Waals surface area contributed by atoms with Gasteiger partial charge in [0.25, 0.3) is 5.56 Å². The van der Waals surface area contributed by atoms with Gasteiger partial charge in [-0.3, -0.25) is 14.6 Å². The summed E-state index contributed by atoms with van der Waals surface area (Å²) in [7, 11) is 1.84. The molecule has 5 nitrogen and oxygen atoms in total. The molecule has 1 aromatic carbocycles. The smallest absolute Gasteiger partial charge is 0.271 e. The zero-order chi connectivity index (χ0) is 16.0. The Morgan fingerprint density at radius 2 is 2.22 bits per heavy atom. The fourth-order valence-corrected chi connectivity index (χ4v) is 3.43. The monoisotopic (exact) mass is 308 g/mol. The molecule has 1 aromatic heterocycles. The van der Waals surface area contributed by atoms with Gasteiger partial charge >= 0.3 is 0 Å². The Balaban J connectivity index is 1.80. The molecular weight excluding hydrogens is 288 g/mol. The predicted octanol–water partition coefficient (Wildman–Crippen LogP) is 2.74. The van der Waals surface area contributed by atoms with E-state index >= 15 is 0 Å². The van der Waals surface area contributed by atoms with Crippen LogP contribution in [0.25, 0.3) is 6.08 Å². The van der Waals surface area contributed by atoms with E-state index in [2.05, 4.69) is 47.3 Å². The molecule has 0 amide bonds. The average Bonchev–Trinajstić information content (AvgIpc) is 2.80. The first-order valence-corrected chi connectivity index (χ1v) is 8.01. The van der Waals surface area contributed by atoms with Crippen molar-refractivity contribution in [3.63, 3.8) is 0 Å². The minimum Gasteiger partial charge on any atom is -0.352 e. The van der Waals surface area contributed by atoms with E-state index in [1.165, 1.54) is 16.7 Å². The molecule has 118 valence electrons. The Morgan fingerprint density at radius 3 is 3.04 bits per heavy atom. The van der Waals surface area contributed by atoms with Gasteiger partial charge < -0.3 is 4.90 Å². The SMILES string of the molecule is Cc1cccc(/C=C2\CCCN3Cc4c(n(C)[nH]c4=O)N=C23)c1. The summed E-state index contributed by atoms with van der Waals surface area (Å²) in [5, 5.41) is 2.81. The number of aromatic nitrogens is 2. The highest BCUT2D eigenvalue weighted by atomic mass is 16.1. The molecule has 0 unspecified atom stereocenters. The van der Waals surface area contributed by atoms with Crippen LogP contribution in [0, 0.1) is 6.92 Å². The Labute approximate surface area is 134 Å². The van der Waals surface area contributed by atoms with Crippen LogP contribution in [0.5, 0.6) is 0 Å². The first-order valence-electron chi connectivity index (χ1n) is 8.01. The molecule has 0 spiro atoms. The minimum atomic E-state index is -0.0277. The molecule has 1 N–H and O–H groups in total. The van der Waals surface area contributed by atoms with Crippen molar-refractivity contribution in [2.45, 2.75) is 26.3 Å². The van der Waals surface area contributed by atoms with Gasteiger partial charge in [-0.05, 0) is 37.0 Å². The zero-order valence-corrected chi connectivity index (χ0v) is 13.5. The maximum Gasteiger partial charge on any atom is 0.271 e. The van der Waals surface area contributed by atoms with Crippen LogP contribution in [-0.4, -0.2) is 27.1 Å². The fourth-order valence-electron chi connectivity index (χ4n) is 3.43. The van der Waals surface area contributed by atoms with E-state index in [9.17, 15) is 4.79 Å². The molecule has 2 aliphatic heterocycles. The summed E-state index contributed by atoms with van der Waals surface area (Å²) in [6.07, 6.45) is 4.35. The Hall–Kier alpha value is -2.56. The van der Waals surface area contributed by atoms with Gasteiger partial charge in [0.2, 0.25) is 0 Å². The zero-order valence-electron chi connectivity index (χ0n) is 13.5. The molecular formula is C18H20N4O. The van der Waals surface area contributed by atoms with Crippen molar-refractivity contribution < 1.29 is 0 Å². The van der Waals surface area contributed by atoms with Gasteiger partial charge in [-0.2, -0.15) is 0 Å². The summed E-state index contributed by atoms with van der Waals surface area (Å²) < 4.78 is 1.72. The lowest BCUT2D eigenvalue weighted by Crippen LogP contribution is -2.39. The molecule has 0 aliphatic carbocycles. The summed E-state index contributed by atoms with van der Waals surface area (Å²) in [5.41, 5.74) is 4.46. The molecule has 4 rings (SSSR count). The average molecular weight is 308 g/mol. The standard InChI is InChI=1S/C18H20N4O/c1-12-5-3-6-13(9-12)10-14-7-4-8-22-11-15-17(19-16(14)22)21(2)20-18(15)23/h3,5-6,9-10H,4,7-8,11H2,1-2H3,(H,20,23)/b14-10+. The second-order valence-corrected chi connectivity index (χ2v) is 6.35. The van der Waals surface area contributed by atoms with Crippen LogP contribution in [0.1, 0.15) is 29.5 Å². The van der Waals surface area contributed by atoms with Crippen molar-refractivity contribution in [3.8, 4) is 0 Å². The molecule has 0 saturated carbocycles. The highest BCUT2D eigenvalue weighted by Gasteiger charge is 2.29. The molecule has 0 atom stereocenters. The van der Waals surface area contributed by atoms with Crippen LogP contribution in [0.2, 0.25) is 0 Å². The highest BCUT2D eigenvalue weighted by molar-refractivity contribution is 6.04. The van der Waals surface area contributed by atoms with Crippen LogP contribution in [0.4, 0.5) is 5.82 Å². The molecule has 2 aromatic rings. The predicted molar refractivity (Wildman–Crippen MR) is 91.9 cm³/mol. The number of aryl methyl sites for hydroxylation is 2. The summed E-state index contributed by atoms with van der Waals surface area (Å²) >= 11 is 0. The van der Waals surface area contributed by atoms with Crippen LogP contribution < -0.4 is 5.56 Å². The number of piperidine rings is 1. The first-order chi connectivity index (χ1) is 11.1. The molecule has 1 saturated heterocycles. The van der Waals surface area contributed by atoms with E-state index in [0.717, 1.165) is 36.6 Å². The lowest BCUT2D eigenvalue weighted by Gasteiger charge is -2.34. The quantitative estimate of drug-likeness (QED) is 0.880. The van der Waals surface area contributed by atoms with Crippen molar-refractivity contribution in [1.82, 2.24) is 14.7 Å². The van der Waals surface area contributed by atoms with Gasteiger partial charge in [0.05, 0.1) is 12.1 Å². The molecule has 1 fully saturated rings. The van der Waals surface area contributed by atoms with Crippen molar-refractivity contribution in [3.05, 3.63) is 56.9 Å². The third kappa shape index (κ3) is 2.42. The number of hydrogen-bond acceptors (Lipinski definition) is 3. The van der Waals surface area contributed by atoms with Crippen molar-refractivity contribution in [2.75, 3.05) is 6.54 Å². The van der Waals surface area contributed by atoms with Crippen LogP contribution >= 0.6 is 0 Å². The summed E-state index contributed by atoms with van der Waals surface area (Å²) in [6.45, 7) is 3.71. The summed E-state index contributed by atoms with van der Waals surface area (Å²) in [4.78, 5) is 19.0. The molecule has 23 heavy (non-hydrogen) atoms. The van der Waals surface area contributed by atoms with Crippen molar-refractivity contribution in [1.29, 1.82) is 0 Å². The van der Waals surface area contributed by atoms with Crippen molar-refractivity contribution >= 4 is 17.7 Å². The Bertz CT molecular complexity index is 885. The number of aromatic amines is 1. The number of fused-ring (bicyclic) bond motifs is 2. The lowest BCUT2D eigenvalue weighted by molar-refractivity contribution is 0.380. The number of H-pyrrole nitrogens is 1. The summed E-state index contributed by atoms with van der Waals surface area (Å²) in [6, 6.07) is 8.50. The number of benzene rings is 1. The number of rotatable bonds is 1. The lowest BCUT2D eigenvalue weighted by atomic mass is 9.98. The van der Waals surface area contributed by atoms with E-state index in [1.807, 2.05) is 7.05 Å². The summed E-state index contributed by atoms with van der Waals surface area (Å²) in [5.74, 6) is 1.78. The van der Waals surface area contributed by atoms with Crippen LogP contribution in [0.15, 0.2) is 39.6 Å². The van der Waals surface area contributed by atoms with Gasteiger partial charge in [-0.25, -0.2) is 4.99 Å². The molecule has 5 heteroatoms. The molecule has 3 heterocycles. The number of nitrogens with zero attached hydrogens (tertiary/aromatic N) is 3. The number of nitrogens with one attached hydrogen (secondary N) is 1. The van der Waals surface area contributed by atoms with Gasteiger partial charge in [-0.15, -0.1) is 0 Å². The second-order valence-electron chi connectivity index (χ2n) is 6.35. The Morgan fingerprint density at radius 1 is 1.35 bits per heavy atom. The number of hydrogen-bond donors (Lipinski definition) is 1. The second kappa shape index (κ2) is 5.26. The van der Waals surface area contributed by atoms with E-state index < -0.39 is 0 Å². The van der Waals surface area contributed by atoms with Crippen LogP contribution in [-0.2, 0) is 13.6 Å². The largest absolute Gasteiger partial charge is 0.352 e. The van der Waals surface area contributed by atoms with Gasteiger partial charge in [0.1, 0.15) is 5.84 Å². The van der Waals surface area contributed by atoms with Gasteiger partial charge in [0, 0.05) is 13.6 Å². The topological polar surface area (TPSA) is 53.4 Å². The maximum absolute atomic E-state index is 12.0. The minimum absolute atomic E-state index is 0.0277. The molecule has 0 bridgehead atoms. The molecule has 0 radical (unpaired) electrons. The highest BCUT2D eigenvalue weighted by Crippen LogP contribution is 2.30. The Kier molecular flexibility index (Phi) is 3.22. The number of amidine groups is 1.